The number of hydrogen-bond acceptors (Lipinski definition) is 4. The van der Waals surface area contributed by atoms with E-state index >= 15 is 0 Å². The third-order valence-electron chi connectivity index (χ3n) is 6.18. The van der Waals surface area contributed by atoms with E-state index in [-0.39, 0.29) is 11.8 Å². The molecule has 5 nitrogen and oxygen atoms in total. The first kappa shape index (κ1) is 22.1. The number of carbonyl (C=O) groups is 2. The summed E-state index contributed by atoms with van der Waals surface area (Å²) < 4.78 is 5.76. The smallest absolute Gasteiger partial charge is 0.282 e. The topological polar surface area (TPSA) is 49.9 Å². The Labute approximate surface area is 190 Å². The van der Waals surface area contributed by atoms with Crippen LogP contribution in [0.25, 0.3) is 5.57 Å². The Bertz CT molecular complexity index is 1010. The zero-order valence-electron chi connectivity index (χ0n) is 19.4. The minimum atomic E-state index is -0.261. The van der Waals surface area contributed by atoms with Gasteiger partial charge in [0.15, 0.2) is 0 Å². The Hall–Kier alpha value is -3.08. The van der Waals surface area contributed by atoms with Gasteiger partial charge in [0.1, 0.15) is 11.4 Å². The molecule has 2 amide bonds. The summed E-state index contributed by atoms with van der Waals surface area (Å²) in [5, 5.41) is 0. The molecule has 2 aromatic carbocycles. The fourth-order valence-electron chi connectivity index (χ4n) is 4.21. The van der Waals surface area contributed by atoms with Crippen molar-refractivity contribution in [3.8, 4) is 5.75 Å². The quantitative estimate of drug-likeness (QED) is 0.600. The highest BCUT2D eigenvalue weighted by Gasteiger charge is 2.42. The van der Waals surface area contributed by atoms with Crippen molar-refractivity contribution < 1.29 is 14.3 Å². The third-order valence-corrected chi connectivity index (χ3v) is 6.18. The lowest BCUT2D eigenvalue weighted by Gasteiger charge is -2.32. The predicted molar refractivity (Wildman–Crippen MR) is 127 cm³/mol. The molecule has 0 unspecified atom stereocenters. The molecule has 168 valence electrons. The Morgan fingerprint density at radius 1 is 0.938 bits per heavy atom. The molecule has 0 saturated carbocycles. The van der Waals surface area contributed by atoms with Crippen molar-refractivity contribution in [1.29, 1.82) is 0 Å². The zero-order valence-corrected chi connectivity index (χ0v) is 19.4. The van der Waals surface area contributed by atoms with E-state index in [1.807, 2.05) is 43.3 Å². The number of nitrogens with zero attached hydrogens (tertiary/aromatic N) is 2. The third kappa shape index (κ3) is 4.43. The van der Waals surface area contributed by atoms with Gasteiger partial charge in [-0.15, -0.1) is 0 Å². The summed E-state index contributed by atoms with van der Waals surface area (Å²) in [6.45, 7) is 10.7. The van der Waals surface area contributed by atoms with E-state index in [1.165, 1.54) is 4.90 Å². The Balaban J connectivity index is 1.68. The summed E-state index contributed by atoms with van der Waals surface area (Å²) in [5.41, 5.74) is 3.52. The summed E-state index contributed by atoms with van der Waals surface area (Å²) in [7, 11) is 0. The van der Waals surface area contributed by atoms with Crippen molar-refractivity contribution in [3.05, 3.63) is 65.4 Å². The fourth-order valence-corrected chi connectivity index (χ4v) is 4.21. The molecule has 2 aliphatic rings. The van der Waals surface area contributed by atoms with Crippen molar-refractivity contribution >= 4 is 23.1 Å². The normalized spacial score (nSPS) is 17.7. The van der Waals surface area contributed by atoms with Gasteiger partial charge in [-0.05, 0) is 61.4 Å². The van der Waals surface area contributed by atoms with E-state index < -0.39 is 0 Å². The molecule has 2 aliphatic heterocycles. The highest BCUT2D eigenvalue weighted by molar-refractivity contribution is 6.45. The molecule has 5 heteroatoms. The average Bonchev–Trinajstić information content (AvgIpc) is 3.04. The van der Waals surface area contributed by atoms with Gasteiger partial charge in [-0.3, -0.25) is 9.59 Å². The van der Waals surface area contributed by atoms with E-state index in [1.54, 1.807) is 12.1 Å². The maximum absolute atomic E-state index is 13.6. The molecule has 32 heavy (non-hydrogen) atoms. The number of benzene rings is 2. The van der Waals surface area contributed by atoms with Gasteiger partial charge in [0.2, 0.25) is 0 Å². The van der Waals surface area contributed by atoms with Crippen molar-refractivity contribution in [1.82, 2.24) is 4.90 Å². The number of imide groups is 1. The van der Waals surface area contributed by atoms with Gasteiger partial charge in [-0.25, -0.2) is 4.90 Å². The minimum absolute atomic E-state index is 0.240. The number of likely N-dealkylation sites (tertiary alicyclic amines) is 1. The molecule has 1 fully saturated rings. The minimum Gasteiger partial charge on any atom is -0.493 e. The Morgan fingerprint density at radius 3 is 2.16 bits per heavy atom. The van der Waals surface area contributed by atoms with Crippen LogP contribution in [0.4, 0.5) is 5.69 Å². The van der Waals surface area contributed by atoms with Crippen LogP contribution in [0, 0.1) is 18.8 Å². The van der Waals surface area contributed by atoms with Crippen LogP contribution in [0.2, 0.25) is 0 Å². The first-order valence-corrected chi connectivity index (χ1v) is 11.5. The van der Waals surface area contributed by atoms with Crippen LogP contribution < -0.4 is 9.64 Å². The van der Waals surface area contributed by atoms with E-state index in [2.05, 4.69) is 25.7 Å². The molecule has 0 bridgehead atoms. The van der Waals surface area contributed by atoms with Gasteiger partial charge in [0, 0.05) is 13.1 Å². The molecule has 4 rings (SSSR count). The van der Waals surface area contributed by atoms with Gasteiger partial charge in [0.05, 0.1) is 17.9 Å². The SMILES string of the molecule is Cc1ccc(C2=C(N3CCC(C)CC3)C(=O)N(c3ccc(OCC(C)C)cc3)C2=O)cc1. The molecule has 2 heterocycles. The van der Waals surface area contributed by atoms with Crippen LogP contribution in [-0.4, -0.2) is 36.4 Å². The highest BCUT2D eigenvalue weighted by atomic mass is 16.5. The molecule has 2 aromatic rings. The van der Waals surface area contributed by atoms with Crippen molar-refractivity contribution in [2.24, 2.45) is 11.8 Å². The molecular weight excluding hydrogens is 400 g/mol. The standard InChI is InChI=1S/C27H32N2O3/c1-18(2)17-32-23-11-9-22(10-12-23)29-26(30)24(21-7-5-19(3)6-8-21)25(27(29)31)28-15-13-20(4)14-16-28/h5-12,18,20H,13-17H2,1-4H3. The van der Waals surface area contributed by atoms with Crippen LogP contribution >= 0.6 is 0 Å². The van der Waals surface area contributed by atoms with Gasteiger partial charge in [-0.2, -0.15) is 0 Å². The van der Waals surface area contributed by atoms with E-state index in [0.717, 1.165) is 42.8 Å². The maximum Gasteiger partial charge on any atom is 0.282 e. The number of rotatable bonds is 6. The number of carbonyl (C=O) groups excluding carboxylic acids is 2. The number of hydrogen-bond donors (Lipinski definition) is 0. The number of aryl methyl sites for hydroxylation is 1. The predicted octanol–water partition coefficient (Wildman–Crippen LogP) is 5.05. The number of amides is 2. The largest absolute Gasteiger partial charge is 0.493 e. The van der Waals surface area contributed by atoms with Crippen molar-refractivity contribution in [3.63, 3.8) is 0 Å². The lowest BCUT2D eigenvalue weighted by Crippen LogP contribution is -2.38. The average molecular weight is 433 g/mol. The number of anilines is 1. The summed E-state index contributed by atoms with van der Waals surface area (Å²) in [6, 6.07) is 15.1. The fraction of sp³-hybridized carbons (Fsp3) is 0.407. The summed E-state index contributed by atoms with van der Waals surface area (Å²) >= 11 is 0. The van der Waals surface area contributed by atoms with E-state index in [4.69, 9.17) is 4.74 Å². The molecule has 1 saturated heterocycles. The molecule has 0 spiro atoms. The van der Waals surface area contributed by atoms with Crippen molar-refractivity contribution in [2.45, 2.75) is 40.5 Å². The summed E-state index contributed by atoms with van der Waals surface area (Å²) in [4.78, 5) is 30.7. The molecule has 0 aromatic heterocycles. The van der Waals surface area contributed by atoms with Gasteiger partial charge in [0.25, 0.3) is 11.8 Å². The molecule has 0 N–H and O–H groups in total. The van der Waals surface area contributed by atoms with E-state index in [9.17, 15) is 9.59 Å². The zero-order chi connectivity index (χ0) is 22.8. The maximum atomic E-state index is 13.6. The molecular formula is C27H32N2O3. The summed E-state index contributed by atoms with van der Waals surface area (Å²) in [6.07, 6.45) is 2.04. The lowest BCUT2D eigenvalue weighted by molar-refractivity contribution is -0.120. The van der Waals surface area contributed by atoms with Gasteiger partial charge >= 0.3 is 0 Å². The van der Waals surface area contributed by atoms with Crippen LogP contribution in [0.1, 0.15) is 44.7 Å². The highest BCUT2D eigenvalue weighted by Crippen LogP contribution is 2.36. The van der Waals surface area contributed by atoms with Crippen LogP contribution in [-0.2, 0) is 9.59 Å². The second kappa shape index (κ2) is 9.19. The molecule has 0 aliphatic carbocycles. The number of ether oxygens (including phenoxy) is 1. The van der Waals surface area contributed by atoms with Gasteiger partial charge in [-0.1, -0.05) is 50.6 Å². The Morgan fingerprint density at radius 2 is 1.56 bits per heavy atom. The van der Waals surface area contributed by atoms with Crippen LogP contribution in [0.15, 0.2) is 54.2 Å². The number of piperidine rings is 1. The summed E-state index contributed by atoms with van der Waals surface area (Å²) in [5.74, 6) is 1.29. The van der Waals surface area contributed by atoms with Crippen LogP contribution in [0.3, 0.4) is 0 Å². The first-order chi connectivity index (χ1) is 15.3. The first-order valence-electron chi connectivity index (χ1n) is 11.5. The van der Waals surface area contributed by atoms with Crippen LogP contribution in [0.5, 0.6) is 5.75 Å². The Kier molecular flexibility index (Phi) is 6.35. The molecule has 0 atom stereocenters. The van der Waals surface area contributed by atoms with E-state index in [0.29, 0.717) is 35.4 Å². The van der Waals surface area contributed by atoms with Gasteiger partial charge < -0.3 is 9.64 Å². The molecule has 0 radical (unpaired) electrons. The second-order valence-corrected chi connectivity index (χ2v) is 9.40. The second-order valence-electron chi connectivity index (χ2n) is 9.40. The lowest BCUT2D eigenvalue weighted by atomic mass is 9.97. The monoisotopic (exact) mass is 432 g/mol. The van der Waals surface area contributed by atoms with Crippen molar-refractivity contribution in [2.75, 3.05) is 24.6 Å².